The number of halogens is 1. The molecule has 0 spiro atoms. The molecule has 3 rings (SSSR count). The molecule has 6 heteroatoms. The number of amides is 2. The maximum atomic E-state index is 13.9. The summed E-state index contributed by atoms with van der Waals surface area (Å²) < 4.78 is 13.9. The van der Waals surface area contributed by atoms with E-state index < -0.39 is 0 Å². The molecule has 0 radical (unpaired) electrons. The number of nitrogens with one attached hydrogen (secondary N) is 1. The molecule has 1 N–H and O–H groups in total. The summed E-state index contributed by atoms with van der Waals surface area (Å²) in [7, 11) is 0. The van der Waals surface area contributed by atoms with Crippen molar-refractivity contribution in [1.29, 1.82) is 0 Å². The second kappa shape index (κ2) is 6.66. The Labute approximate surface area is 135 Å². The first-order chi connectivity index (χ1) is 11.1. The van der Waals surface area contributed by atoms with Crippen LogP contribution in [0.15, 0.2) is 24.3 Å². The van der Waals surface area contributed by atoms with Crippen molar-refractivity contribution in [1.82, 2.24) is 15.1 Å². The minimum Gasteiger partial charge on any atom is -0.344 e. The lowest BCUT2D eigenvalue weighted by Crippen LogP contribution is -2.53. The number of rotatable bonds is 3. The molecule has 1 aromatic carbocycles. The fourth-order valence-corrected chi connectivity index (χ4v) is 3.36. The van der Waals surface area contributed by atoms with E-state index >= 15 is 0 Å². The second-order valence-electron chi connectivity index (χ2n) is 6.22. The Bertz CT molecular complexity index is 599. The van der Waals surface area contributed by atoms with Gasteiger partial charge in [0, 0.05) is 44.2 Å². The van der Waals surface area contributed by atoms with Gasteiger partial charge in [-0.2, -0.15) is 0 Å². The number of carbonyl (C=O) groups is 2. The van der Waals surface area contributed by atoms with Crippen LogP contribution in [0.3, 0.4) is 0 Å². The first kappa shape index (κ1) is 15.9. The highest BCUT2D eigenvalue weighted by molar-refractivity contribution is 5.90. The minimum atomic E-state index is -0.363. The average molecular weight is 319 g/mol. The van der Waals surface area contributed by atoms with Gasteiger partial charge in [0.1, 0.15) is 11.9 Å². The summed E-state index contributed by atoms with van der Waals surface area (Å²) in [6, 6.07) is 6.45. The molecule has 2 amide bonds. The smallest absolute Gasteiger partial charge is 0.245 e. The van der Waals surface area contributed by atoms with Gasteiger partial charge < -0.3 is 10.2 Å². The van der Waals surface area contributed by atoms with E-state index in [9.17, 15) is 14.0 Å². The van der Waals surface area contributed by atoms with E-state index in [1.54, 1.807) is 11.0 Å². The summed E-state index contributed by atoms with van der Waals surface area (Å²) >= 11 is 0. The van der Waals surface area contributed by atoms with Gasteiger partial charge in [-0.05, 0) is 19.4 Å². The molecule has 2 fully saturated rings. The summed E-state index contributed by atoms with van der Waals surface area (Å²) in [5.74, 6) is -0.226. The number of hydrogen-bond acceptors (Lipinski definition) is 3. The van der Waals surface area contributed by atoms with Crippen LogP contribution < -0.4 is 5.32 Å². The highest BCUT2D eigenvalue weighted by atomic mass is 19.1. The van der Waals surface area contributed by atoms with Gasteiger partial charge in [0.2, 0.25) is 11.8 Å². The van der Waals surface area contributed by atoms with E-state index in [1.807, 2.05) is 19.1 Å². The molecule has 2 saturated heterocycles. The molecule has 0 aliphatic carbocycles. The molecule has 0 saturated carbocycles. The SMILES string of the molecule is C[C@H](c1ccccc1F)N1CCN(C(=O)[C@H]2CCC(=O)N2)CC1. The minimum absolute atomic E-state index is 0.00837. The summed E-state index contributed by atoms with van der Waals surface area (Å²) in [5, 5.41) is 2.72. The number of piperazine rings is 1. The molecule has 2 aliphatic rings. The predicted octanol–water partition coefficient (Wildman–Crippen LogP) is 1.31. The highest BCUT2D eigenvalue weighted by Gasteiger charge is 2.33. The molecule has 23 heavy (non-hydrogen) atoms. The summed E-state index contributed by atoms with van der Waals surface area (Å²) in [6.45, 7) is 4.64. The van der Waals surface area contributed by atoms with Crippen LogP contribution in [-0.2, 0) is 9.59 Å². The standard InChI is InChI=1S/C17H22FN3O2/c1-12(13-4-2-3-5-14(13)18)20-8-10-21(11-9-20)17(23)15-6-7-16(22)19-15/h2-5,12,15H,6-11H2,1H3,(H,19,22)/t12-,15-/m1/s1. The van der Waals surface area contributed by atoms with Crippen LogP contribution in [0.1, 0.15) is 31.4 Å². The van der Waals surface area contributed by atoms with Crippen molar-refractivity contribution in [3.63, 3.8) is 0 Å². The Hall–Kier alpha value is -1.95. The van der Waals surface area contributed by atoms with Crippen molar-refractivity contribution in [2.75, 3.05) is 26.2 Å². The van der Waals surface area contributed by atoms with Crippen LogP contribution in [-0.4, -0.2) is 53.8 Å². The van der Waals surface area contributed by atoms with E-state index in [0.29, 0.717) is 44.6 Å². The van der Waals surface area contributed by atoms with Crippen molar-refractivity contribution in [3.05, 3.63) is 35.6 Å². The molecular weight excluding hydrogens is 297 g/mol. The third-order valence-corrected chi connectivity index (χ3v) is 4.82. The Kier molecular flexibility index (Phi) is 4.61. The molecular formula is C17H22FN3O2. The zero-order valence-corrected chi connectivity index (χ0v) is 13.3. The van der Waals surface area contributed by atoms with E-state index in [2.05, 4.69) is 10.2 Å². The summed E-state index contributed by atoms with van der Waals surface area (Å²) in [4.78, 5) is 27.6. The third-order valence-electron chi connectivity index (χ3n) is 4.82. The van der Waals surface area contributed by atoms with Crippen molar-refractivity contribution in [3.8, 4) is 0 Å². The van der Waals surface area contributed by atoms with Crippen LogP contribution in [0.25, 0.3) is 0 Å². The molecule has 2 aliphatic heterocycles. The van der Waals surface area contributed by atoms with Gasteiger partial charge in [0.05, 0.1) is 0 Å². The van der Waals surface area contributed by atoms with E-state index in [-0.39, 0.29) is 29.7 Å². The van der Waals surface area contributed by atoms with Gasteiger partial charge in [0.25, 0.3) is 0 Å². The molecule has 0 aromatic heterocycles. The fourth-order valence-electron chi connectivity index (χ4n) is 3.36. The van der Waals surface area contributed by atoms with Crippen molar-refractivity contribution in [2.45, 2.75) is 31.8 Å². The Morgan fingerprint density at radius 2 is 1.96 bits per heavy atom. The maximum Gasteiger partial charge on any atom is 0.245 e. The maximum absolute atomic E-state index is 13.9. The van der Waals surface area contributed by atoms with E-state index in [1.165, 1.54) is 6.07 Å². The first-order valence-electron chi connectivity index (χ1n) is 8.13. The summed E-state index contributed by atoms with van der Waals surface area (Å²) in [6.07, 6.45) is 1.02. The van der Waals surface area contributed by atoms with Gasteiger partial charge in [-0.1, -0.05) is 18.2 Å². The second-order valence-corrected chi connectivity index (χ2v) is 6.22. The molecule has 2 atom stereocenters. The predicted molar refractivity (Wildman–Crippen MR) is 84.1 cm³/mol. The zero-order valence-electron chi connectivity index (χ0n) is 13.3. The van der Waals surface area contributed by atoms with Crippen LogP contribution in [0, 0.1) is 5.82 Å². The topological polar surface area (TPSA) is 52.7 Å². The Morgan fingerprint density at radius 1 is 1.26 bits per heavy atom. The lowest BCUT2D eigenvalue weighted by Gasteiger charge is -2.39. The molecule has 0 unspecified atom stereocenters. The van der Waals surface area contributed by atoms with Crippen molar-refractivity contribution >= 4 is 11.8 Å². The fraction of sp³-hybridized carbons (Fsp3) is 0.529. The number of benzene rings is 1. The third kappa shape index (κ3) is 3.37. The Morgan fingerprint density at radius 3 is 2.57 bits per heavy atom. The lowest BCUT2D eigenvalue weighted by molar-refractivity contribution is -0.136. The molecule has 124 valence electrons. The number of carbonyl (C=O) groups excluding carboxylic acids is 2. The Balaban J connectivity index is 1.57. The van der Waals surface area contributed by atoms with Crippen molar-refractivity contribution < 1.29 is 14.0 Å². The number of nitrogens with zero attached hydrogens (tertiary/aromatic N) is 2. The van der Waals surface area contributed by atoms with Gasteiger partial charge >= 0.3 is 0 Å². The van der Waals surface area contributed by atoms with Crippen LogP contribution in [0.2, 0.25) is 0 Å². The quantitative estimate of drug-likeness (QED) is 0.914. The van der Waals surface area contributed by atoms with E-state index in [0.717, 1.165) is 0 Å². The monoisotopic (exact) mass is 319 g/mol. The largest absolute Gasteiger partial charge is 0.344 e. The normalized spacial score (nSPS) is 23.7. The number of hydrogen-bond donors (Lipinski definition) is 1. The zero-order chi connectivity index (χ0) is 16.4. The first-order valence-corrected chi connectivity index (χ1v) is 8.13. The highest BCUT2D eigenvalue weighted by Crippen LogP contribution is 2.24. The molecule has 0 bridgehead atoms. The molecule has 5 nitrogen and oxygen atoms in total. The summed E-state index contributed by atoms with van der Waals surface area (Å²) in [5.41, 5.74) is 0.690. The molecule has 2 heterocycles. The molecule has 1 aromatic rings. The van der Waals surface area contributed by atoms with Gasteiger partial charge in [0.15, 0.2) is 0 Å². The van der Waals surface area contributed by atoms with Gasteiger partial charge in [-0.3, -0.25) is 14.5 Å². The van der Waals surface area contributed by atoms with Crippen molar-refractivity contribution in [2.24, 2.45) is 0 Å². The van der Waals surface area contributed by atoms with Crippen LogP contribution in [0.4, 0.5) is 4.39 Å². The van der Waals surface area contributed by atoms with Crippen LogP contribution in [0.5, 0.6) is 0 Å². The lowest BCUT2D eigenvalue weighted by atomic mass is 10.1. The average Bonchev–Trinajstić information content (AvgIpc) is 3.01. The van der Waals surface area contributed by atoms with Crippen LogP contribution >= 0.6 is 0 Å². The van der Waals surface area contributed by atoms with E-state index in [4.69, 9.17) is 0 Å². The van der Waals surface area contributed by atoms with Gasteiger partial charge in [-0.25, -0.2) is 4.39 Å². The van der Waals surface area contributed by atoms with Gasteiger partial charge in [-0.15, -0.1) is 0 Å².